The number of sulfonamides is 1. The summed E-state index contributed by atoms with van der Waals surface area (Å²) in [4.78, 5) is 12.1. The van der Waals surface area contributed by atoms with Gasteiger partial charge in [0.1, 0.15) is 17.4 Å². The molecule has 146 valence electrons. The lowest BCUT2D eigenvalue weighted by Gasteiger charge is -2.16. The summed E-state index contributed by atoms with van der Waals surface area (Å²) in [6.07, 6.45) is 0. The highest BCUT2D eigenvalue weighted by molar-refractivity contribution is 7.89. The third-order valence-electron chi connectivity index (χ3n) is 3.67. The first-order valence-electron chi connectivity index (χ1n) is 8.15. The van der Waals surface area contributed by atoms with Gasteiger partial charge in [-0.25, -0.2) is 17.2 Å². The summed E-state index contributed by atoms with van der Waals surface area (Å²) in [7, 11) is -3.99. The molecule has 6 nitrogen and oxygen atoms in total. The van der Waals surface area contributed by atoms with E-state index in [0.717, 1.165) is 12.1 Å². The van der Waals surface area contributed by atoms with Gasteiger partial charge in [-0.1, -0.05) is 0 Å². The van der Waals surface area contributed by atoms with Crippen molar-refractivity contribution in [2.45, 2.75) is 31.7 Å². The van der Waals surface area contributed by atoms with Crippen LogP contribution in [0, 0.1) is 18.6 Å². The zero-order chi connectivity index (χ0) is 20.2. The maximum atomic E-state index is 13.6. The summed E-state index contributed by atoms with van der Waals surface area (Å²) in [6.45, 7) is 5.28. The van der Waals surface area contributed by atoms with E-state index in [9.17, 15) is 22.0 Å². The largest absolute Gasteiger partial charge is 0.494 e. The molecule has 27 heavy (non-hydrogen) atoms. The van der Waals surface area contributed by atoms with Crippen LogP contribution in [0.2, 0.25) is 0 Å². The van der Waals surface area contributed by atoms with Crippen molar-refractivity contribution in [3.8, 4) is 5.75 Å². The van der Waals surface area contributed by atoms with Gasteiger partial charge in [-0.2, -0.15) is 4.72 Å². The first kappa shape index (κ1) is 20.8. The molecule has 0 aliphatic rings. The van der Waals surface area contributed by atoms with E-state index < -0.39 is 33.6 Å². The number of carbonyl (C=O) groups excluding carboxylic acids is 1. The van der Waals surface area contributed by atoms with Gasteiger partial charge in [-0.3, -0.25) is 4.79 Å². The minimum atomic E-state index is -3.99. The lowest BCUT2D eigenvalue weighted by molar-refractivity contribution is -0.117. The van der Waals surface area contributed by atoms with Crippen LogP contribution in [-0.4, -0.2) is 27.0 Å². The van der Waals surface area contributed by atoms with E-state index in [-0.39, 0.29) is 10.6 Å². The van der Waals surface area contributed by atoms with E-state index in [0.29, 0.717) is 24.0 Å². The van der Waals surface area contributed by atoms with E-state index in [1.54, 1.807) is 6.92 Å². The van der Waals surface area contributed by atoms with Crippen LogP contribution >= 0.6 is 0 Å². The number of nitrogens with one attached hydrogen (secondary N) is 2. The zero-order valence-corrected chi connectivity index (χ0v) is 15.9. The summed E-state index contributed by atoms with van der Waals surface area (Å²) in [6, 6.07) is 5.79. The maximum Gasteiger partial charge on any atom is 0.242 e. The first-order chi connectivity index (χ1) is 12.6. The molecule has 0 heterocycles. The van der Waals surface area contributed by atoms with Gasteiger partial charge in [0.2, 0.25) is 15.9 Å². The predicted molar refractivity (Wildman–Crippen MR) is 97.1 cm³/mol. The fourth-order valence-electron chi connectivity index (χ4n) is 2.29. The van der Waals surface area contributed by atoms with Gasteiger partial charge in [0.25, 0.3) is 0 Å². The third-order valence-corrected chi connectivity index (χ3v) is 5.21. The predicted octanol–water partition coefficient (Wildman–Crippen LogP) is 2.98. The van der Waals surface area contributed by atoms with Crippen molar-refractivity contribution in [2.24, 2.45) is 0 Å². The van der Waals surface area contributed by atoms with Gasteiger partial charge in [-0.05, 0) is 56.7 Å². The lowest BCUT2D eigenvalue weighted by Crippen LogP contribution is -2.41. The quantitative estimate of drug-likeness (QED) is 0.751. The number of aryl methyl sites for hydroxylation is 1. The Kier molecular flexibility index (Phi) is 6.50. The standard InChI is InChI=1S/C18H20F2N2O4S/c1-4-26-17-8-6-14(9-11(17)2)27(24,25)22-12(3)18(23)21-16-7-5-13(19)10-15(16)20/h5-10,12,22H,4H2,1-3H3,(H,21,23)/t12-/m1/s1. The molecule has 2 rings (SSSR count). The molecule has 0 aromatic heterocycles. The first-order valence-corrected chi connectivity index (χ1v) is 9.64. The van der Waals surface area contributed by atoms with Gasteiger partial charge in [0.05, 0.1) is 23.2 Å². The SMILES string of the molecule is CCOc1ccc(S(=O)(=O)N[C@H](C)C(=O)Nc2ccc(F)cc2F)cc1C. The average Bonchev–Trinajstić information content (AvgIpc) is 2.58. The second kappa shape index (κ2) is 8.45. The second-order valence-corrected chi connectivity index (χ2v) is 7.53. The van der Waals surface area contributed by atoms with Crippen LogP contribution in [0.3, 0.4) is 0 Å². The maximum absolute atomic E-state index is 13.6. The van der Waals surface area contributed by atoms with Crippen molar-refractivity contribution in [3.05, 3.63) is 53.6 Å². The van der Waals surface area contributed by atoms with E-state index in [2.05, 4.69) is 10.0 Å². The summed E-state index contributed by atoms with van der Waals surface area (Å²) >= 11 is 0. The van der Waals surface area contributed by atoms with Gasteiger partial charge >= 0.3 is 0 Å². The van der Waals surface area contributed by atoms with E-state index in [4.69, 9.17) is 4.74 Å². The van der Waals surface area contributed by atoms with Crippen molar-refractivity contribution < 1.29 is 26.7 Å². The molecule has 0 saturated carbocycles. The molecule has 0 radical (unpaired) electrons. The van der Waals surface area contributed by atoms with Crippen molar-refractivity contribution in [1.29, 1.82) is 0 Å². The molecule has 0 unspecified atom stereocenters. The lowest BCUT2D eigenvalue weighted by atomic mass is 10.2. The number of rotatable bonds is 7. The topological polar surface area (TPSA) is 84.5 Å². The van der Waals surface area contributed by atoms with E-state index in [1.807, 2.05) is 6.92 Å². The van der Waals surface area contributed by atoms with Crippen LogP contribution in [-0.2, 0) is 14.8 Å². The molecule has 0 saturated heterocycles. The summed E-state index contributed by atoms with van der Waals surface area (Å²) in [5, 5.41) is 2.22. The van der Waals surface area contributed by atoms with Crippen LogP contribution < -0.4 is 14.8 Å². The monoisotopic (exact) mass is 398 g/mol. The molecular formula is C18H20F2N2O4S. The molecule has 1 atom stereocenters. The van der Waals surface area contributed by atoms with E-state index >= 15 is 0 Å². The Morgan fingerprint density at radius 2 is 1.89 bits per heavy atom. The normalized spacial score (nSPS) is 12.5. The Labute approximate surface area is 156 Å². The summed E-state index contributed by atoms with van der Waals surface area (Å²) in [5.74, 6) is -1.97. The van der Waals surface area contributed by atoms with Crippen molar-refractivity contribution in [1.82, 2.24) is 4.72 Å². The highest BCUT2D eigenvalue weighted by atomic mass is 32.2. The fraction of sp³-hybridized carbons (Fsp3) is 0.278. The molecule has 2 aromatic carbocycles. The Hall–Kier alpha value is -2.52. The number of hydrogen-bond acceptors (Lipinski definition) is 4. The number of halogens is 2. The number of amides is 1. The molecule has 0 fully saturated rings. The number of benzene rings is 2. The van der Waals surface area contributed by atoms with Gasteiger partial charge < -0.3 is 10.1 Å². The Balaban J connectivity index is 2.12. The summed E-state index contributed by atoms with van der Waals surface area (Å²) in [5.41, 5.74) is 0.384. The molecule has 0 aliphatic heterocycles. The van der Waals surface area contributed by atoms with Crippen LogP contribution in [0.15, 0.2) is 41.3 Å². The molecule has 0 bridgehead atoms. The zero-order valence-electron chi connectivity index (χ0n) is 15.0. The summed E-state index contributed by atoms with van der Waals surface area (Å²) < 4.78 is 59.1. The molecule has 0 aliphatic carbocycles. The van der Waals surface area contributed by atoms with Gasteiger partial charge in [0, 0.05) is 6.07 Å². The molecular weight excluding hydrogens is 378 g/mol. The number of anilines is 1. The Morgan fingerprint density at radius 1 is 1.19 bits per heavy atom. The smallest absolute Gasteiger partial charge is 0.242 e. The fourth-order valence-corrected chi connectivity index (χ4v) is 3.58. The van der Waals surface area contributed by atoms with Crippen molar-refractivity contribution in [3.63, 3.8) is 0 Å². The Bertz CT molecular complexity index is 948. The number of ether oxygens (including phenoxy) is 1. The van der Waals surface area contributed by atoms with Crippen LogP contribution in [0.25, 0.3) is 0 Å². The molecule has 2 N–H and O–H groups in total. The highest BCUT2D eigenvalue weighted by Crippen LogP contribution is 2.22. The number of carbonyl (C=O) groups is 1. The molecule has 9 heteroatoms. The van der Waals surface area contributed by atoms with Crippen molar-refractivity contribution >= 4 is 21.6 Å². The van der Waals surface area contributed by atoms with Crippen LogP contribution in [0.1, 0.15) is 19.4 Å². The van der Waals surface area contributed by atoms with Gasteiger partial charge in [-0.15, -0.1) is 0 Å². The van der Waals surface area contributed by atoms with Crippen LogP contribution in [0.4, 0.5) is 14.5 Å². The minimum absolute atomic E-state index is 0.0314. The minimum Gasteiger partial charge on any atom is -0.494 e. The third kappa shape index (κ3) is 5.24. The highest BCUT2D eigenvalue weighted by Gasteiger charge is 2.23. The van der Waals surface area contributed by atoms with Gasteiger partial charge in [0.15, 0.2) is 0 Å². The molecule has 1 amide bonds. The van der Waals surface area contributed by atoms with E-state index in [1.165, 1.54) is 25.1 Å². The second-order valence-electron chi connectivity index (χ2n) is 5.82. The Morgan fingerprint density at radius 3 is 2.48 bits per heavy atom. The van der Waals surface area contributed by atoms with Crippen LogP contribution in [0.5, 0.6) is 5.75 Å². The average molecular weight is 398 g/mol. The van der Waals surface area contributed by atoms with Crippen molar-refractivity contribution in [2.75, 3.05) is 11.9 Å². The molecule has 0 spiro atoms. The number of hydrogen-bond donors (Lipinski definition) is 2. The molecule has 2 aromatic rings.